The molecule has 3 aromatic rings. The van der Waals surface area contributed by atoms with Crippen molar-refractivity contribution in [3.8, 4) is 17.2 Å². The lowest BCUT2D eigenvalue weighted by Crippen LogP contribution is -2.48. The van der Waals surface area contributed by atoms with Crippen LogP contribution in [0.15, 0.2) is 78.9 Å². The fourth-order valence-electron chi connectivity index (χ4n) is 4.09. The average Bonchev–Trinajstić information content (AvgIpc) is 2.83. The van der Waals surface area contributed by atoms with E-state index < -0.39 is 12.0 Å². The van der Waals surface area contributed by atoms with E-state index in [9.17, 15) is 10.4 Å². The molecule has 1 aliphatic rings. The molecule has 3 aromatic carbocycles. The van der Waals surface area contributed by atoms with E-state index in [4.69, 9.17) is 11.6 Å². The van der Waals surface area contributed by atoms with Gasteiger partial charge in [0.2, 0.25) is 0 Å². The summed E-state index contributed by atoms with van der Waals surface area (Å²) in [5, 5.41) is 21.3. The number of benzene rings is 3. The molecule has 4 nitrogen and oxygen atoms in total. The zero-order valence-corrected chi connectivity index (χ0v) is 18.1. The van der Waals surface area contributed by atoms with E-state index >= 15 is 0 Å². The maximum absolute atomic E-state index is 10.9. The third-order valence-electron chi connectivity index (χ3n) is 5.91. The number of nitriles is 1. The quantitative estimate of drug-likeness (QED) is 0.596. The van der Waals surface area contributed by atoms with Crippen LogP contribution in [0.1, 0.15) is 11.7 Å². The molecule has 0 radical (unpaired) electrons. The number of aliphatic hydroxyl groups is 1. The Hall–Kier alpha value is -2.84. The molecule has 0 amide bonds. The van der Waals surface area contributed by atoms with Crippen molar-refractivity contribution in [3.63, 3.8) is 0 Å². The van der Waals surface area contributed by atoms with Gasteiger partial charge in [-0.05, 0) is 34.9 Å². The SMILES string of the molecule is N#C[C@H](CN1CCN(c2cccc(Cl)c2)CC1)[C@H](O)c1ccc(-c2ccccc2)cc1. The van der Waals surface area contributed by atoms with Gasteiger partial charge in [0, 0.05) is 43.4 Å². The zero-order valence-electron chi connectivity index (χ0n) is 17.4. The van der Waals surface area contributed by atoms with E-state index in [0.717, 1.165) is 53.6 Å². The molecular weight excluding hydrogens is 406 g/mol. The Balaban J connectivity index is 1.35. The molecular formula is C26H26ClN3O. The number of anilines is 1. The second-order valence-corrected chi connectivity index (χ2v) is 8.37. The van der Waals surface area contributed by atoms with Gasteiger partial charge in [0.05, 0.1) is 18.1 Å². The van der Waals surface area contributed by atoms with E-state index in [2.05, 4.69) is 34.1 Å². The van der Waals surface area contributed by atoms with Crippen molar-refractivity contribution in [2.24, 2.45) is 5.92 Å². The molecule has 1 fully saturated rings. The molecule has 1 heterocycles. The van der Waals surface area contributed by atoms with Gasteiger partial charge in [-0.2, -0.15) is 5.26 Å². The highest BCUT2D eigenvalue weighted by molar-refractivity contribution is 6.30. The van der Waals surface area contributed by atoms with Gasteiger partial charge in [-0.3, -0.25) is 4.90 Å². The number of hydrogen-bond acceptors (Lipinski definition) is 4. The minimum Gasteiger partial charge on any atom is -0.387 e. The Kier molecular flexibility index (Phi) is 6.89. The number of nitrogens with zero attached hydrogens (tertiary/aromatic N) is 3. The highest BCUT2D eigenvalue weighted by Crippen LogP contribution is 2.27. The van der Waals surface area contributed by atoms with E-state index in [0.29, 0.717) is 6.54 Å². The standard InChI is InChI=1S/C26H26ClN3O/c27-24-7-4-8-25(17-24)30-15-13-29(14-16-30)19-23(18-28)26(31)22-11-9-21(10-12-22)20-5-2-1-3-6-20/h1-12,17,23,26,31H,13-16,19H2/t23-,26-/m1/s1. The first-order chi connectivity index (χ1) is 15.1. The predicted molar refractivity (Wildman–Crippen MR) is 126 cm³/mol. The molecule has 1 N–H and O–H groups in total. The second kappa shape index (κ2) is 9.98. The van der Waals surface area contributed by atoms with Crippen molar-refractivity contribution in [3.05, 3.63) is 89.4 Å². The molecule has 5 heteroatoms. The van der Waals surface area contributed by atoms with Crippen LogP contribution in [0, 0.1) is 17.2 Å². The van der Waals surface area contributed by atoms with Gasteiger partial charge in [0.1, 0.15) is 0 Å². The minimum atomic E-state index is -0.805. The summed E-state index contributed by atoms with van der Waals surface area (Å²) in [7, 11) is 0. The first-order valence-electron chi connectivity index (χ1n) is 10.6. The molecule has 1 aliphatic heterocycles. The van der Waals surface area contributed by atoms with Crippen LogP contribution < -0.4 is 4.90 Å². The largest absolute Gasteiger partial charge is 0.387 e. The summed E-state index contributed by atoms with van der Waals surface area (Å²) in [6, 6.07) is 28.2. The maximum Gasteiger partial charge on any atom is 0.0960 e. The average molecular weight is 432 g/mol. The highest BCUT2D eigenvalue weighted by atomic mass is 35.5. The van der Waals surface area contributed by atoms with Crippen LogP contribution >= 0.6 is 11.6 Å². The predicted octanol–water partition coefficient (Wildman–Crippen LogP) is 5.00. The van der Waals surface area contributed by atoms with Crippen molar-refractivity contribution in [1.82, 2.24) is 4.90 Å². The molecule has 0 aromatic heterocycles. The summed E-state index contributed by atoms with van der Waals surface area (Å²) in [5.74, 6) is -0.472. The van der Waals surface area contributed by atoms with Gasteiger partial charge in [-0.1, -0.05) is 72.3 Å². The molecule has 2 atom stereocenters. The lowest BCUT2D eigenvalue weighted by molar-refractivity contribution is 0.104. The van der Waals surface area contributed by atoms with E-state index in [1.54, 1.807) is 0 Å². The fraction of sp³-hybridized carbons (Fsp3) is 0.269. The zero-order chi connectivity index (χ0) is 21.6. The Morgan fingerprint density at radius 1 is 0.871 bits per heavy atom. The fourth-order valence-corrected chi connectivity index (χ4v) is 4.27. The first kappa shape index (κ1) is 21.4. The topological polar surface area (TPSA) is 50.5 Å². The van der Waals surface area contributed by atoms with Crippen LogP contribution in [0.2, 0.25) is 5.02 Å². The molecule has 0 unspecified atom stereocenters. The number of hydrogen-bond donors (Lipinski definition) is 1. The van der Waals surface area contributed by atoms with Gasteiger partial charge in [-0.25, -0.2) is 0 Å². The Labute approximate surface area is 188 Å². The highest BCUT2D eigenvalue weighted by Gasteiger charge is 2.26. The minimum absolute atomic E-state index is 0.472. The van der Waals surface area contributed by atoms with Crippen LogP contribution in [-0.4, -0.2) is 42.7 Å². The first-order valence-corrected chi connectivity index (χ1v) is 11.0. The molecule has 0 spiro atoms. The van der Waals surface area contributed by atoms with Crippen molar-refractivity contribution in [2.45, 2.75) is 6.10 Å². The van der Waals surface area contributed by atoms with Gasteiger partial charge < -0.3 is 10.0 Å². The second-order valence-electron chi connectivity index (χ2n) is 7.94. The van der Waals surface area contributed by atoms with Crippen LogP contribution in [0.4, 0.5) is 5.69 Å². The molecule has 0 aliphatic carbocycles. The lowest BCUT2D eigenvalue weighted by Gasteiger charge is -2.37. The van der Waals surface area contributed by atoms with Gasteiger partial charge >= 0.3 is 0 Å². The van der Waals surface area contributed by atoms with Crippen molar-refractivity contribution in [1.29, 1.82) is 5.26 Å². The van der Waals surface area contributed by atoms with Crippen molar-refractivity contribution in [2.75, 3.05) is 37.6 Å². The Bertz CT molecular complexity index is 1020. The monoisotopic (exact) mass is 431 g/mol. The van der Waals surface area contributed by atoms with E-state index in [1.807, 2.05) is 60.7 Å². The van der Waals surface area contributed by atoms with E-state index in [1.165, 1.54) is 0 Å². The molecule has 0 saturated carbocycles. The molecule has 1 saturated heterocycles. The Morgan fingerprint density at radius 3 is 2.19 bits per heavy atom. The number of aliphatic hydroxyl groups excluding tert-OH is 1. The van der Waals surface area contributed by atoms with Gasteiger partial charge in [0.15, 0.2) is 0 Å². The van der Waals surface area contributed by atoms with Crippen molar-refractivity contribution >= 4 is 17.3 Å². The summed E-state index contributed by atoms with van der Waals surface area (Å²) in [4.78, 5) is 4.57. The lowest BCUT2D eigenvalue weighted by atomic mass is 9.94. The normalized spacial score (nSPS) is 16.5. The summed E-state index contributed by atoms with van der Waals surface area (Å²) in [6.07, 6.45) is -0.805. The molecule has 158 valence electrons. The van der Waals surface area contributed by atoms with Crippen LogP contribution in [0.3, 0.4) is 0 Å². The molecule has 0 bridgehead atoms. The van der Waals surface area contributed by atoms with Crippen molar-refractivity contribution < 1.29 is 5.11 Å². The number of halogens is 1. The third kappa shape index (κ3) is 5.26. The van der Waals surface area contributed by atoms with Gasteiger partial charge in [-0.15, -0.1) is 0 Å². The summed E-state index contributed by atoms with van der Waals surface area (Å²) >= 11 is 6.12. The van der Waals surface area contributed by atoms with E-state index in [-0.39, 0.29) is 0 Å². The number of rotatable bonds is 6. The molecule has 31 heavy (non-hydrogen) atoms. The maximum atomic E-state index is 10.9. The number of piperazine rings is 1. The Morgan fingerprint density at radius 2 is 1.55 bits per heavy atom. The van der Waals surface area contributed by atoms with Crippen LogP contribution in [-0.2, 0) is 0 Å². The smallest absolute Gasteiger partial charge is 0.0960 e. The summed E-state index contributed by atoms with van der Waals surface area (Å²) < 4.78 is 0. The van der Waals surface area contributed by atoms with Crippen LogP contribution in [0.25, 0.3) is 11.1 Å². The van der Waals surface area contributed by atoms with Crippen LogP contribution in [0.5, 0.6) is 0 Å². The molecule has 4 rings (SSSR count). The van der Waals surface area contributed by atoms with Gasteiger partial charge in [0.25, 0.3) is 0 Å². The third-order valence-corrected chi connectivity index (χ3v) is 6.14. The summed E-state index contributed by atoms with van der Waals surface area (Å²) in [5.41, 5.74) is 4.14. The summed E-state index contributed by atoms with van der Waals surface area (Å²) in [6.45, 7) is 4.01.